The van der Waals surface area contributed by atoms with E-state index in [0.29, 0.717) is 10.8 Å². The molecule has 0 saturated carbocycles. The van der Waals surface area contributed by atoms with E-state index in [4.69, 9.17) is 11.6 Å². The van der Waals surface area contributed by atoms with Crippen LogP contribution in [0.4, 0.5) is 0 Å². The van der Waals surface area contributed by atoms with Crippen LogP contribution in [0.25, 0.3) is 0 Å². The number of likely N-dealkylation sites (tertiary alicyclic amines) is 1. The van der Waals surface area contributed by atoms with Gasteiger partial charge in [0.15, 0.2) is 0 Å². The van der Waals surface area contributed by atoms with Crippen LogP contribution in [0, 0.1) is 11.3 Å². The Kier molecular flexibility index (Phi) is 3.06. The molecule has 1 heterocycles. The molecule has 0 aromatic carbocycles. The maximum Gasteiger partial charge on any atom is 0.0526 e. The molecule has 1 aliphatic heterocycles. The second kappa shape index (κ2) is 3.55. The summed E-state index contributed by atoms with van der Waals surface area (Å²) >= 11 is 6.24. The first kappa shape index (κ1) is 10.3. The van der Waals surface area contributed by atoms with E-state index in [2.05, 4.69) is 32.6 Å². The van der Waals surface area contributed by atoms with Gasteiger partial charge in [-0.2, -0.15) is 0 Å². The van der Waals surface area contributed by atoms with Gasteiger partial charge in [-0.3, -0.25) is 0 Å². The van der Waals surface area contributed by atoms with E-state index in [0.717, 1.165) is 19.0 Å². The third-order valence-corrected chi connectivity index (χ3v) is 3.25. The molecule has 0 aliphatic carbocycles. The number of hydrogen-bond donors (Lipinski definition) is 0. The number of halogens is 1. The van der Waals surface area contributed by atoms with E-state index in [9.17, 15) is 0 Å². The monoisotopic (exact) mass is 189 g/mol. The van der Waals surface area contributed by atoms with Crippen LogP contribution < -0.4 is 0 Å². The van der Waals surface area contributed by atoms with Gasteiger partial charge in [0.05, 0.1) is 5.38 Å². The number of alkyl halides is 1. The Labute approximate surface area is 81.1 Å². The number of nitrogens with zero attached hydrogens (tertiary/aromatic N) is 1. The maximum absolute atomic E-state index is 6.24. The summed E-state index contributed by atoms with van der Waals surface area (Å²) in [6, 6.07) is 0. The van der Waals surface area contributed by atoms with Crippen molar-refractivity contribution in [3.63, 3.8) is 0 Å². The fourth-order valence-corrected chi connectivity index (χ4v) is 2.13. The third kappa shape index (κ3) is 2.37. The Morgan fingerprint density at radius 1 is 1.50 bits per heavy atom. The number of hydrogen-bond acceptors (Lipinski definition) is 1. The minimum atomic E-state index is 0.302. The molecular formula is C10H20ClN. The molecule has 1 atom stereocenters. The molecule has 1 fully saturated rings. The minimum absolute atomic E-state index is 0.302. The first-order chi connectivity index (χ1) is 5.42. The topological polar surface area (TPSA) is 3.24 Å². The summed E-state index contributed by atoms with van der Waals surface area (Å²) in [5, 5.41) is 0.330. The Balaban J connectivity index is 2.44. The van der Waals surface area contributed by atoms with Gasteiger partial charge in [0, 0.05) is 19.6 Å². The average molecular weight is 190 g/mol. The predicted molar refractivity (Wildman–Crippen MR) is 54.7 cm³/mol. The summed E-state index contributed by atoms with van der Waals surface area (Å²) in [7, 11) is 0. The highest BCUT2D eigenvalue weighted by Crippen LogP contribution is 2.33. The van der Waals surface area contributed by atoms with Crippen molar-refractivity contribution in [2.24, 2.45) is 11.3 Å². The van der Waals surface area contributed by atoms with Crippen molar-refractivity contribution >= 4 is 11.6 Å². The van der Waals surface area contributed by atoms with Gasteiger partial charge >= 0.3 is 0 Å². The molecule has 0 amide bonds. The fraction of sp³-hybridized carbons (Fsp3) is 1.00. The van der Waals surface area contributed by atoms with E-state index < -0.39 is 0 Å². The molecule has 2 heteroatoms. The molecular weight excluding hydrogens is 170 g/mol. The SMILES string of the molecule is CC(C)CN1CC(Cl)C(C)(C)C1. The lowest BCUT2D eigenvalue weighted by Crippen LogP contribution is -2.27. The zero-order valence-electron chi connectivity index (χ0n) is 8.60. The Hall–Kier alpha value is 0.250. The van der Waals surface area contributed by atoms with Crippen LogP contribution in [0.15, 0.2) is 0 Å². The van der Waals surface area contributed by atoms with Crippen LogP contribution >= 0.6 is 11.6 Å². The van der Waals surface area contributed by atoms with Gasteiger partial charge in [-0.15, -0.1) is 11.6 Å². The maximum atomic E-state index is 6.24. The van der Waals surface area contributed by atoms with Crippen LogP contribution in [0.3, 0.4) is 0 Å². The highest BCUT2D eigenvalue weighted by molar-refractivity contribution is 6.21. The van der Waals surface area contributed by atoms with E-state index in [1.165, 1.54) is 6.54 Å². The van der Waals surface area contributed by atoms with Crippen molar-refractivity contribution in [3.8, 4) is 0 Å². The zero-order chi connectivity index (χ0) is 9.35. The summed E-state index contributed by atoms with van der Waals surface area (Å²) in [6.07, 6.45) is 0. The summed E-state index contributed by atoms with van der Waals surface area (Å²) in [5.41, 5.74) is 0.302. The van der Waals surface area contributed by atoms with Crippen molar-refractivity contribution in [1.82, 2.24) is 4.90 Å². The molecule has 1 aliphatic rings. The minimum Gasteiger partial charge on any atom is -0.301 e. The van der Waals surface area contributed by atoms with Crippen molar-refractivity contribution in [1.29, 1.82) is 0 Å². The lowest BCUT2D eigenvalue weighted by molar-refractivity contribution is 0.264. The molecule has 1 unspecified atom stereocenters. The van der Waals surface area contributed by atoms with Crippen molar-refractivity contribution in [3.05, 3.63) is 0 Å². The van der Waals surface area contributed by atoms with Crippen LogP contribution in [0.2, 0.25) is 0 Å². The van der Waals surface area contributed by atoms with Gasteiger partial charge < -0.3 is 4.90 Å². The summed E-state index contributed by atoms with van der Waals surface area (Å²) in [6.45, 7) is 12.4. The average Bonchev–Trinajstić information content (AvgIpc) is 2.04. The zero-order valence-corrected chi connectivity index (χ0v) is 9.36. The molecule has 12 heavy (non-hydrogen) atoms. The molecule has 0 aromatic rings. The summed E-state index contributed by atoms with van der Waals surface area (Å²) in [4.78, 5) is 2.47. The second-order valence-electron chi connectivity index (χ2n) is 5.04. The fourth-order valence-electron chi connectivity index (χ4n) is 1.87. The molecule has 0 radical (unpaired) electrons. The predicted octanol–water partition coefficient (Wildman–Crippen LogP) is 2.59. The second-order valence-corrected chi connectivity index (χ2v) is 5.57. The number of rotatable bonds is 2. The normalized spacial score (nSPS) is 30.0. The molecule has 0 N–H and O–H groups in total. The standard InChI is InChI=1S/C10H20ClN/c1-8(2)5-12-6-9(11)10(3,4)7-12/h8-9H,5-7H2,1-4H3. The summed E-state index contributed by atoms with van der Waals surface area (Å²) < 4.78 is 0. The molecule has 1 nitrogen and oxygen atoms in total. The Morgan fingerprint density at radius 2 is 2.08 bits per heavy atom. The molecule has 0 bridgehead atoms. The van der Waals surface area contributed by atoms with Crippen LogP contribution in [0.1, 0.15) is 27.7 Å². The highest BCUT2D eigenvalue weighted by Gasteiger charge is 2.37. The van der Waals surface area contributed by atoms with Crippen LogP contribution in [-0.4, -0.2) is 29.9 Å². The van der Waals surface area contributed by atoms with Crippen molar-refractivity contribution in [2.45, 2.75) is 33.1 Å². The molecule has 0 spiro atoms. The Morgan fingerprint density at radius 3 is 2.42 bits per heavy atom. The van der Waals surface area contributed by atoms with Crippen molar-refractivity contribution in [2.75, 3.05) is 19.6 Å². The lowest BCUT2D eigenvalue weighted by atomic mass is 9.92. The lowest BCUT2D eigenvalue weighted by Gasteiger charge is -2.21. The van der Waals surface area contributed by atoms with Gasteiger partial charge in [0.2, 0.25) is 0 Å². The van der Waals surface area contributed by atoms with E-state index in [-0.39, 0.29) is 0 Å². The molecule has 1 saturated heterocycles. The largest absolute Gasteiger partial charge is 0.301 e. The van der Waals surface area contributed by atoms with Crippen LogP contribution in [0.5, 0.6) is 0 Å². The molecule has 1 rings (SSSR count). The highest BCUT2D eigenvalue weighted by atomic mass is 35.5. The summed E-state index contributed by atoms with van der Waals surface area (Å²) in [5.74, 6) is 0.753. The first-order valence-corrected chi connectivity index (χ1v) is 5.22. The van der Waals surface area contributed by atoms with Crippen molar-refractivity contribution < 1.29 is 0 Å². The first-order valence-electron chi connectivity index (χ1n) is 4.78. The van der Waals surface area contributed by atoms with Gasteiger partial charge in [-0.1, -0.05) is 27.7 Å². The van der Waals surface area contributed by atoms with E-state index in [1.807, 2.05) is 0 Å². The Bertz CT molecular complexity index is 154. The molecule has 0 aromatic heterocycles. The van der Waals surface area contributed by atoms with Crippen LogP contribution in [-0.2, 0) is 0 Å². The van der Waals surface area contributed by atoms with Gasteiger partial charge in [0.1, 0.15) is 0 Å². The quantitative estimate of drug-likeness (QED) is 0.604. The molecule has 72 valence electrons. The smallest absolute Gasteiger partial charge is 0.0526 e. The van der Waals surface area contributed by atoms with E-state index in [1.54, 1.807) is 0 Å². The van der Waals surface area contributed by atoms with Gasteiger partial charge in [0.25, 0.3) is 0 Å². The third-order valence-electron chi connectivity index (χ3n) is 2.52. The van der Waals surface area contributed by atoms with Gasteiger partial charge in [-0.25, -0.2) is 0 Å². The van der Waals surface area contributed by atoms with E-state index >= 15 is 0 Å². The van der Waals surface area contributed by atoms with Gasteiger partial charge in [-0.05, 0) is 11.3 Å².